The maximum atomic E-state index is 12.4. The van der Waals surface area contributed by atoms with Gasteiger partial charge in [0.2, 0.25) is 5.91 Å². The van der Waals surface area contributed by atoms with Gasteiger partial charge in [-0.3, -0.25) is 4.79 Å². The van der Waals surface area contributed by atoms with E-state index >= 15 is 0 Å². The predicted molar refractivity (Wildman–Crippen MR) is 89.4 cm³/mol. The molecule has 2 heteroatoms. The Morgan fingerprint density at radius 3 is 2.29 bits per heavy atom. The molecule has 2 nitrogen and oxygen atoms in total. The molecule has 0 saturated heterocycles. The van der Waals surface area contributed by atoms with Crippen LogP contribution >= 0.6 is 0 Å². The lowest BCUT2D eigenvalue weighted by molar-refractivity contribution is -0.118. The van der Waals surface area contributed by atoms with Crippen LogP contribution < -0.4 is 4.90 Å². The lowest BCUT2D eigenvalue weighted by atomic mass is 10.0. The highest BCUT2D eigenvalue weighted by Gasteiger charge is 2.15. The number of para-hydroxylation sites is 1. The zero-order valence-corrected chi connectivity index (χ0v) is 13.0. The molecule has 0 heterocycles. The highest BCUT2D eigenvalue weighted by molar-refractivity contribution is 5.97. The first-order chi connectivity index (χ1) is 10.1. The maximum absolute atomic E-state index is 12.4. The average molecular weight is 281 g/mol. The normalized spacial score (nSPS) is 10.7. The number of hydrogen-bond acceptors (Lipinski definition) is 1. The highest BCUT2D eigenvalue weighted by Crippen LogP contribution is 2.30. The van der Waals surface area contributed by atoms with Gasteiger partial charge >= 0.3 is 0 Å². The van der Waals surface area contributed by atoms with Crippen LogP contribution in [0.1, 0.15) is 26.7 Å². The van der Waals surface area contributed by atoms with E-state index in [2.05, 4.69) is 32.0 Å². The molecule has 21 heavy (non-hydrogen) atoms. The third-order valence-electron chi connectivity index (χ3n) is 3.66. The van der Waals surface area contributed by atoms with E-state index < -0.39 is 0 Å². The largest absolute Gasteiger partial charge is 0.315 e. The lowest BCUT2D eigenvalue weighted by Crippen LogP contribution is -2.26. The van der Waals surface area contributed by atoms with Crippen molar-refractivity contribution in [3.63, 3.8) is 0 Å². The number of rotatable bonds is 5. The molecule has 0 unspecified atom stereocenters. The van der Waals surface area contributed by atoms with E-state index in [1.54, 1.807) is 4.90 Å². The van der Waals surface area contributed by atoms with Gasteiger partial charge in [0.05, 0.1) is 5.69 Å². The molecule has 0 aliphatic rings. The summed E-state index contributed by atoms with van der Waals surface area (Å²) >= 11 is 0. The van der Waals surface area contributed by atoms with Crippen molar-refractivity contribution in [2.75, 3.05) is 11.9 Å². The van der Waals surface area contributed by atoms with Crippen LogP contribution in [-0.4, -0.2) is 13.0 Å². The summed E-state index contributed by atoms with van der Waals surface area (Å²) in [5.41, 5.74) is 3.20. The molecule has 0 spiro atoms. The van der Waals surface area contributed by atoms with Crippen molar-refractivity contribution in [1.29, 1.82) is 0 Å². The fraction of sp³-hybridized carbons (Fsp3) is 0.316. The van der Waals surface area contributed by atoms with Crippen LogP contribution in [0.4, 0.5) is 5.69 Å². The van der Waals surface area contributed by atoms with Crippen molar-refractivity contribution in [2.24, 2.45) is 5.92 Å². The molecule has 0 aliphatic heterocycles. The Morgan fingerprint density at radius 2 is 1.62 bits per heavy atom. The third kappa shape index (κ3) is 3.94. The predicted octanol–water partition coefficient (Wildman–Crippen LogP) is 4.75. The first-order valence-corrected chi connectivity index (χ1v) is 7.50. The minimum Gasteiger partial charge on any atom is -0.315 e. The van der Waals surface area contributed by atoms with Crippen molar-refractivity contribution in [1.82, 2.24) is 0 Å². The second-order valence-electron chi connectivity index (χ2n) is 5.77. The summed E-state index contributed by atoms with van der Waals surface area (Å²) in [6.45, 7) is 4.29. The van der Waals surface area contributed by atoms with Crippen LogP contribution in [-0.2, 0) is 4.79 Å². The van der Waals surface area contributed by atoms with Crippen LogP contribution in [0.3, 0.4) is 0 Å². The number of anilines is 1. The Labute approximate surface area is 127 Å². The SMILES string of the molecule is CC(C)CCC(=O)N(C)c1ccccc1-c1ccccc1. The lowest BCUT2D eigenvalue weighted by Gasteiger charge is -2.21. The molecule has 1 amide bonds. The van der Waals surface area contributed by atoms with Crippen LogP contribution in [0, 0.1) is 5.92 Å². The van der Waals surface area contributed by atoms with Crippen molar-refractivity contribution >= 4 is 11.6 Å². The van der Waals surface area contributed by atoms with Gasteiger partial charge in [0.15, 0.2) is 0 Å². The van der Waals surface area contributed by atoms with Gasteiger partial charge in [-0.15, -0.1) is 0 Å². The molecule has 110 valence electrons. The van der Waals surface area contributed by atoms with Gasteiger partial charge in [-0.2, -0.15) is 0 Å². The van der Waals surface area contributed by atoms with E-state index in [1.165, 1.54) is 0 Å². The van der Waals surface area contributed by atoms with Crippen LogP contribution in [0.25, 0.3) is 11.1 Å². The van der Waals surface area contributed by atoms with Crippen molar-refractivity contribution < 1.29 is 4.79 Å². The molecule has 0 aliphatic carbocycles. The standard InChI is InChI=1S/C19H23NO/c1-15(2)13-14-19(21)20(3)18-12-8-7-11-17(18)16-9-5-4-6-10-16/h4-12,15H,13-14H2,1-3H3. The van der Waals surface area contributed by atoms with Crippen LogP contribution in [0.5, 0.6) is 0 Å². The van der Waals surface area contributed by atoms with E-state index in [1.807, 2.05) is 43.4 Å². The maximum Gasteiger partial charge on any atom is 0.226 e. The molecule has 2 aromatic rings. The molecule has 0 radical (unpaired) electrons. The van der Waals surface area contributed by atoms with Gasteiger partial charge in [-0.05, 0) is 24.0 Å². The van der Waals surface area contributed by atoms with Gasteiger partial charge in [0, 0.05) is 19.0 Å². The van der Waals surface area contributed by atoms with E-state index in [4.69, 9.17) is 0 Å². The minimum atomic E-state index is 0.173. The quantitative estimate of drug-likeness (QED) is 0.774. The van der Waals surface area contributed by atoms with Crippen LogP contribution in [0.15, 0.2) is 54.6 Å². The molecule has 0 fully saturated rings. The fourth-order valence-corrected chi connectivity index (χ4v) is 2.34. The van der Waals surface area contributed by atoms with E-state index in [0.717, 1.165) is 23.2 Å². The van der Waals surface area contributed by atoms with Gasteiger partial charge in [-0.25, -0.2) is 0 Å². The molecule has 0 saturated carbocycles. The summed E-state index contributed by atoms with van der Waals surface area (Å²) in [6.07, 6.45) is 1.52. The first-order valence-electron chi connectivity index (χ1n) is 7.50. The van der Waals surface area contributed by atoms with E-state index in [0.29, 0.717) is 12.3 Å². The summed E-state index contributed by atoms with van der Waals surface area (Å²) in [5, 5.41) is 0. The minimum absolute atomic E-state index is 0.173. The summed E-state index contributed by atoms with van der Waals surface area (Å²) < 4.78 is 0. The second-order valence-corrected chi connectivity index (χ2v) is 5.77. The smallest absolute Gasteiger partial charge is 0.226 e. The topological polar surface area (TPSA) is 20.3 Å². The summed E-state index contributed by atoms with van der Waals surface area (Å²) in [4.78, 5) is 14.1. The van der Waals surface area contributed by atoms with Crippen molar-refractivity contribution in [3.8, 4) is 11.1 Å². The Morgan fingerprint density at radius 1 is 1.00 bits per heavy atom. The number of hydrogen-bond donors (Lipinski definition) is 0. The van der Waals surface area contributed by atoms with Gasteiger partial charge < -0.3 is 4.90 Å². The van der Waals surface area contributed by atoms with Crippen molar-refractivity contribution in [2.45, 2.75) is 26.7 Å². The van der Waals surface area contributed by atoms with Gasteiger partial charge in [-0.1, -0.05) is 62.4 Å². The average Bonchev–Trinajstić information content (AvgIpc) is 2.52. The number of benzene rings is 2. The van der Waals surface area contributed by atoms with Crippen molar-refractivity contribution in [3.05, 3.63) is 54.6 Å². The third-order valence-corrected chi connectivity index (χ3v) is 3.66. The molecular weight excluding hydrogens is 258 g/mol. The Hall–Kier alpha value is -2.09. The number of amides is 1. The summed E-state index contributed by atoms with van der Waals surface area (Å²) in [6, 6.07) is 18.3. The molecule has 0 N–H and O–H groups in total. The fourth-order valence-electron chi connectivity index (χ4n) is 2.34. The van der Waals surface area contributed by atoms with E-state index in [-0.39, 0.29) is 5.91 Å². The molecular formula is C19H23NO. The highest BCUT2D eigenvalue weighted by atomic mass is 16.2. The molecule has 2 rings (SSSR count). The summed E-state index contributed by atoms with van der Waals surface area (Å²) in [5.74, 6) is 0.721. The number of nitrogens with zero attached hydrogens (tertiary/aromatic N) is 1. The Kier molecular flexibility index (Phi) is 5.15. The monoisotopic (exact) mass is 281 g/mol. The van der Waals surface area contributed by atoms with Gasteiger partial charge in [0.25, 0.3) is 0 Å². The zero-order valence-electron chi connectivity index (χ0n) is 13.0. The molecule has 0 bridgehead atoms. The van der Waals surface area contributed by atoms with Gasteiger partial charge in [0.1, 0.15) is 0 Å². The summed E-state index contributed by atoms with van der Waals surface area (Å²) in [7, 11) is 1.87. The Bertz CT molecular complexity index is 590. The Balaban J connectivity index is 2.26. The number of carbonyl (C=O) groups is 1. The second kappa shape index (κ2) is 7.07. The zero-order chi connectivity index (χ0) is 15.2. The molecule has 2 aromatic carbocycles. The molecule has 0 aromatic heterocycles. The number of carbonyl (C=O) groups excluding carboxylic acids is 1. The van der Waals surface area contributed by atoms with E-state index in [9.17, 15) is 4.79 Å². The first kappa shape index (κ1) is 15.3. The van der Waals surface area contributed by atoms with Crippen LogP contribution in [0.2, 0.25) is 0 Å². The molecule has 0 atom stereocenters.